The highest BCUT2D eigenvalue weighted by molar-refractivity contribution is 9.10. The Balaban J connectivity index is 2.45. The highest BCUT2D eigenvalue weighted by Gasteiger charge is 2.13. The van der Waals surface area contributed by atoms with Crippen molar-refractivity contribution in [1.29, 1.82) is 0 Å². The third kappa shape index (κ3) is 2.94. The molecule has 2 rings (SSSR count). The molecule has 1 N–H and O–H groups in total. The van der Waals surface area contributed by atoms with E-state index in [0.29, 0.717) is 0 Å². The van der Waals surface area contributed by atoms with E-state index in [1.54, 1.807) is 6.20 Å². The van der Waals surface area contributed by atoms with Crippen molar-refractivity contribution in [1.82, 2.24) is 10.3 Å². The van der Waals surface area contributed by atoms with Gasteiger partial charge in [0.1, 0.15) is 5.82 Å². The van der Waals surface area contributed by atoms with E-state index in [9.17, 15) is 4.39 Å². The summed E-state index contributed by atoms with van der Waals surface area (Å²) in [6, 6.07) is 7.59. The average Bonchev–Trinajstić information content (AvgIpc) is 2.28. The standard InChI is InChI=1S/C14H14BrFN2/c1-9-3-10(5-12(15)4-9)14(17-2)11-6-13(16)8-18-7-11/h3-8,14,17H,1-2H3. The first-order valence-electron chi connectivity index (χ1n) is 5.65. The Morgan fingerprint density at radius 3 is 2.56 bits per heavy atom. The summed E-state index contributed by atoms with van der Waals surface area (Å²) in [5, 5.41) is 3.19. The summed E-state index contributed by atoms with van der Waals surface area (Å²) in [5.74, 6) is -0.320. The van der Waals surface area contributed by atoms with Crippen LogP contribution in [0.3, 0.4) is 0 Å². The molecule has 4 heteroatoms. The lowest BCUT2D eigenvalue weighted by atomic mass is 9.99. The Bertz CT molecular complexity index is 537. The zero-order chi connectivity index (χ0) is 13.1. The third-order valence-corrected chi connectivity index (χ3v) is 3.20. The van der Waals surface area contributed by atoms with Crippen molar-refractivity contribution < 1.29 is 4.39 Å². The van der Waals surface area contributed by atoms with Gasteiger partial charge in [-0.1, -0.05) is 22.0 Å². The molecule has 0 saturated heterocycles. The zero-order valence-corrected chi connectivity index (χ0v) is 11.8. The number of rotatable bonds is 3. The van der Waals surface area contributed by atoms with Crippen LogP contribution in [0.1, 0.15) is 22.7 Å². The molecule has 0 aliphatic carbocycles. The van der Waals surface area contributed by atoms with Gasteiger partial charge in [0.2, 0.25) is 0 Å². The van der Waals surface area contributed by atoms with E-state index in [0.717, 1.165) is 21.2 Å². The summed E-state index contributed by atoms with van der Waals surface area (Å²) in [4.78, 5) is 3.90. The number of halogens is 2. The molecule has 1 aromatic carbocycles. The van der Waals surface area contributed by atoms with Gasteiger partial charge < -0.3 is 5.32 Å². The molecule has 1 aromatic heterocycles. The molecular weight excluding hydrogens is 295 g/mol. The van der Waals surface area contributed by atoms with Crippen LogP contribution in [0.4, 0.5) is 4.39 Å². The molecule has 18 heavy (non-hydrogen) atoms. The first-order valence-corrected chi connectivity index (χ1v) is 6.44. The number of aromatic nitrogens is 1. The molecule has 94 valence electrons. The van der Waals surface area contributed by atoms with E-state index in [2.05, 4.69) is 32.3 Å². The van der Waals surface area contributed by atoms with Crippen molar-refractivity contribution in [2.45, 2.75) is 13.0 Å². The van der Waals surface area contributed by atoms with Gasteiger partial charge >= 0.3 is 0 Å². The minimum atomic E-state index is -0.320. The number of nitrogens with zero attached hydrogens (tertiary/aromatic N) is 1. The summed E-state index contributed by atoms with van der Waals surface area (Å²) in [6.45, 7) is 2.03. The van der Waals surface area contributed by atoms with Crippen LogP contribution in [0.25, 0.3) is 0 Å². The fraction of sp³-hybridized carbons (Fsp3) is 0.214. The second-order valence-electron chi connectivity index (χ2n) is 4.22. The molecule has 0 radical (unpaired) electrons. The van der Waals surface area contributed by atoms with Gasteiger partial charge in [-0.25, -0.2) is 4.39 Å². The highest BCUT2D eigenvalue weighted by atomic mass is 79.9. The summed E-state index contributed by atoms with van der Waals surface area (Å²) in [6.07, 6.45) is 2.89. The van der Waals surface area contributed by atoms with E-state index in [4.69, 9.17) is 0 Å². The quantitative estimate of drug-likeness (QED) is 0.937. The minimum absolute atomic E-state index is 0.0654. The molecule has 0 bridgehead atoms. The van der Waals surface area contributed by atoms with E-state index in [1.165, 1.54) is 12.3 Å². The number of hydrogen-bond donors (Lipinski definition) is 1. The lowest BCUT2D eigenvalue weighted by Gasteiger charge is -2.18. The number of benzene rings is 1. The first-order chi connectivity index (χ1) is 8.60. The Kier molecular flexibility index (Phi) is 4.09. The Labute approximate surface area is 114 Å². The van der Waals surface area contributed by atoms with E-state index >= 15 is 0 Å². The van der Waals surface area contributed by atoms with E-state index in [1.807, 2.05) is 26.1 Å². The van der Waals surface area contributed by atoms with Gasteiger partial charge in [-0.2, -0.15) is 0 Å². The molecule has 1 unspecified atom stereocenters. The Morgan fingerprint density at radius 1 is 1.17 bits per heavy atom. The van der Waals surface area contributed by atoms with E-state index in [-0.39, 0.29) is 11.9 Å². The van der Waals surface area contributed by atoms with Gasteiger partial charge in [-0.3, -0.25) is 4.98 Å². The molecule has 1 heterocycles. The molecule has 1 atom stereocenters. The van der Waals surface area contributed by atoms with Crippen LogP contribution in [-0.4, -0.2) is 12.0 Å². The van der Waals surface area contributed by atoms with Crippen molar-refractivity contribution in [3.8, 4) is 0 Å². The van der Waals surface area contributed by atoms with Crippen molar-refractivity contribution in [3.63, 3.8) is 0 Å². The average molecular weight is 309 g/mol. The van der Waals surface area contributed by atoms with Crippen LogP contribution < -0.4 is 5.32 Å². The Hall–Kier alpha value is -1.26. The molecule has 0 aliphatic rings. The molecule has 0 fully saturated rings. The first kappa shape index (κ1) is 13.2. The molecule has 0 spiro atoms. The fourth-order valence-corrected chi connectivity index (χ4v) is 2.67. The van der Waals surface area contributed by atoms with Crippen molar-refractivity contribution in [2.75, 3.05) is 7.05 Å². The largest absolute Gasteiger partial charge is 0.309 e. The normalized spacial score (nSPS) is 12.4. The molecule has 0 amide bonds. The smallest absolute Gasteiger partial charge is 0.141 e. The third-order valence-electron chi connectivity index (χ3n) is 2.75. The molecule has 2 nitrogen and oxygen atoms in total. The van der Waals surface area contributed by atoms with Crippen molar-refractivity contribution in [3.05, 3.63) is 63.6 Å². The van der Waals surface area contributed by atoms with Crippen LogP contribution in [-0.2, 0) is 0 Å². The summed E-state index contributed by atoms with van der Waals surface area (Å²) >= 11 is 3.48. The lowest BCUT2D eigenvalue weighted by molar-refractivity contribution is 0.608. The lowest BCUT2D eigenvalue weighted by Crippen LogP contribution is -2.18. The van der Waals surface area contributed by atoms with Gasteiger partial charge in [-0.15, -0.1) is 0 Å². The van der Waals surface area contributed by atoms with Gasteiger partial charge in [0, 0.05) is 10.7 Å². The van der Waals surface area contributed by atoms with E-state index < -0.39 is 0 Å². The number of nitrogens with one attached hydrogen (secondary N) is 1. The number of hydrogen-bond acceptors (Lipinski definition) is 2. The van der Waals surface area contributed by atoms with Gasteiger partial charge in [-0.05, 0) is 48.9 Å². The second-order valence-corrected chi connectivity index (χ2v) is 5.14. The van der Waals surface area contributed by atoms with Gasteiger partial charge in [0.25, 0.3) is 0 Å². The predicted octanol–water partition coefficient (Wildman–Crippen LogP) is 3.60. The number of aryl methyl sites for hydroxylation is 1. The minimum Gasteiger partial charge on any atom is -0.309 e. The maximum absolute atomic E-state index is 13.2. The predicted molar refractivity (Wildman–Crippen MR) is 74.0 cm³/mol. The van der Waals surface area contributed by atoms with Crippen LogP contribution in [0.15, 0.2) is 41.1 Å². The van der Waals surface area contributed by atoms with Crippen molar-refractivity contribution >= 4 is 15.9 Å². The summed E-state index contributed by atoms with van der Waals surface area (Å²) < 4.78 is 14.3. The molecule has 0 saturated carbocycles. The number of pyridine rings is 1. The van der Waals surface area contributed by atoms with Gasteiger partial charge in [0.15, 0.2) is 0 Å². The molecule has 0 aliphatic heterocycles. The monoisotopic (exact) mass is 308 g/mol. The second kappa shape index (κ2) is 5.59. The van der Waals surface area contributed by atoms with Crippen LogP contribution in [0.5, 0.6) is 0 Å². The van der Waals surface area contributed by atoms with Crippen LogP contribution in [0.2, 0.25) is 0 Å². The summed E-state index contributed by atoms with van der Waals surface area (Å²) in [5.41, 5.74) is 3.05. The zero-order valence-electron chi connectivity index (χ0n) is 10.2. The fourth-order valence-electron chi connectivity index (χ4n) is 2.04. The summed E-state index contributed by atoms with van der Waals surface area (Å²) in [7, 11) is 1.85. The van der Waals surface area contributed by atoms with Crippen LogP contribution in [0, 0.1) is 12.7 Å². The van der Waals surface area contributed by atoms with Crippen molar-refractivity contribution in [2.24, 2.45) is 0 Å². The molecular formula is C14H14BrFN2. The Morgan fingerprint density at radius 2 is 1.94 bits per heavy atom. The maximum atomic E-state index is 13.2. The highest BCUT2D eigenvalue weighted by Crippen LogP contribution is 2.25. The molecule has 2 aromatic rings. The van der Waals surface area contributed by atoms with Gasteiger partial charge in [0.05, 0.1) is 12.2 Å². The maximum Gasteiger partial charge on any atom is 0.141 e. The SMILES string of the molecule is CNC(c1cncc(F)c1)c1cc(C)cc(Br)c1. The van der Waals surface area contributed by atoms with Crippen LogP contribution >= 0.6 is 15.9 Å². The topological polar surface area (TPSA) is 24.9 Å².